The van der Waals surface area contributed by atoms with Gasteiger partial charge in [-0.05, 0) is 37.3 Å². The highest BCUT2D eigenvalue weighted by atomic mass is 35.5. The van der Waals surface area contributed by atoms with Crippen molar-refractivity contribution in [2.45, 2.75) is 13.5 Å². The van der Waals surface area contributed by atoms with E-state index in [1.807, 2.05) is 25.1 Å². The molecule has 0 spiro atoms. The number of ether oxygens (including phenoxy) is 1. The van der Waals surface area contributed by atoms with Gasteiger partial charge in [-0.25, -0.2) is 0 Å². The molecule has 21 heavy (non-hydrogen) atoms. The fourth-order valence-electron chi connectivity index (χ4n) is 1.87. The van der Waals surface area contributed by atoms with Crippen molar-refractivity contribution in [3.05, 3.63) is 46.1 Å². The van der Waals surface area contributed by atoms with Gasteiger partial charge in [-0.2, -0.15) is 0 Å². The normalized spacial score (nSPS) is 10.4. The number of hydrogen-bond acceptors (Lipinski definition) is 2. The van der Waals surface area contributed by atoms with Gasteiger partial charge in [0.15, 0.2) is 5.76 Å². The number of halogens is 3. The lowest BCUT2D eigenvalue weighted by Gasteiger charge is -2.02. The van der Waals surface area contributed by atoms with Gasteiger partial charge in [-0.15, -0.1) is 0 Å². The number of benzene rings is 1. The first-order valence-electron chi connectivity index (χ1n) is 6.64. The first-order valence-corrected chi connectivity index (χ1v) is 7.40. The average molecular weight is 351 g/mol. The molecule has 1 aromatic heterocycles. The Morgan fingerprint density at radius 2 is 2.00 bits per heavy atom. The smallest absolute Gasteiger partial charge is 0.158 e. The average Bonchev–Trinajstić information content (AvgIpc) is 2.90. The van der Waals surface area contributed by atoms with Crippen LogP contribution in [0.2, 0.25) is 10.0 Å². The van der Waals surface area contributed by atoms with Crippen LogP contribution < -0.4 is 17.7 Å². The lowest BCUT2D eigenvalue weighted by molar-refractivity contribution is -0.673. The van der Waals surface area contributed by atoms with Crippen molar-refractivity contribution in [2.75, 3.05) is 19.8 Å². The van der Waals surface area contributed by atoms with E-state index in [0.717, 1.165) is 43.4 Å². The van der Waals surface area contributed by atoms with E-state index in [4.69, 9.17) is 32.4 Å². The van der Waals surface area contributed by atoms with E-state index in [1.165, 1.54) is 0 Å². The highest BCUT2D eigenvalue weighted by Gasteiger charge is 2.10. The minimum absolute atomic E-state index is 0. The summed E-state index contributed by atoms with van der Waals surface area (Å²) in [7, 11) is 0. The Hall–Kier alpha value is -0.710. The van der Waals surface area contributed by atoms with Crippen molar-refractivity contribution >= 4 is 23.2 Å². The molecule has 0 radical (unpaired) electrons. The molecule has 2 rings (SSSR count). The quantitative estimate of drug-likeness (QED) is 0.732. The predicted molar refractivity (Wildman–Crippen MR) is 81.2 cm³/mol. The Morgan fingerprint density at radius 3 is 2.76 bits per heavy atom. The molecule has 0 aliphatic rings. The monoisotopic (exact) mass is 349 g/mol. The van der Waals surface area contributed by atoms with Crippen molar-refractivity contribution in [2.24, 2.45) is 0 Å². The van der Waals surface area contributed by atoms with Gasteiger partial charge in [-0.3, -0.25) is 0 Å². The number of furan rings is 1. The first kappa shape index (κ1) is 18.3. The van der Waals surface area contributed by atoms with Crippen molar-refractivity contribution in [1.29, 1.82) is 0 Å². The van der Waals surface area contributed by atoms with E-state index in [-0.39, 0.29) is 12.4 Å². The molecule has 0 unspecified atom stereocenters. The molecule has 2 N–H and O–H groups in total. The number of rotatable bonds is 7. The van der Waals surface area contributed by atoms with Crippen LogP contribution in [0.4, 0.5) is 0 Å². The third kappa shape index (κ3) is 5.53. The van der Waals surface area contributed by atoms with Crippen molar-refractivity contribution in [3.63, 3.8) is 0 Å². The Kier molecular flexibility index (Phi) is 8.15. The Bertz CT molecular complexity index is 558. The van der Waals surface area contributed by atoms with E-state index < -0.39 is 0 Å². The maximum atomic E-state index is 6.16. The predicted octanol–water partition coefficient (Wildman–Crippen LogP) is 0.357. The van der Waals surface area contributed by atoms with Crippen LogP contribution in [-0.2, 0) is 11.3 Å². The largest absolute Gasteiger partial charge is 1.00 e. The van der Waals surface area contributed by atoms with Crippen molar-refractivity contribution < 1.29 is 26.9 Å². The summed E-state index contributed by atoms with van der Waals surface area (Å²) in [6.07, 6.45) is 0. The second-order valence-corrected chi connectivity index (χ2v) is 5.21. The highest BCUT2D eigenvalue weighted by Crippen LogP contribution is 2.31. The Balaban J connectivity index is 0.00000220. The molecule has 0 saturated heterocycles. The van der Waals surface area contributed by atoms with Crippen LogP contribution in [0, 0.1) is 0 Å². The van der Waals surface area contributed by atoms with Gasteiger partial charge >= 0.3 is 0 Å². The molecule has 0 amide bonds. The van der Waals surface area contributed by atoms with E-state index in [2.05, 4.69) is 5.32 Å². The van der Waals surface area contributed by atoms with Gasteiger partial charge in [0.1, 0.15) is 12.3 Å². The topological polar surface area (TPSA) is 39.0 Å². The fourth-order valence-corrected chi connectivity index (χ4v) is 2.26. The van der Waals surface area contributed by atoms with Crippen LogP contribution in [-0.4, -0.2) is 19.8 Å². The van der Waals surface area contributed by atoms with Crippen molar-refractivity contribution in [1.82, 2.24) is 0 Å². The molecule has 0 bridgehead atoms. The van der Waals surface area contributed by atoms with E-state index in [1.54, 1.807) is 12.1 Å². The molecule has 0 aliphatic heterocycles. The minimum atomic E-state index is 0. The maximum absolute atomic E-state index is 6.16. The fraction of sp³-hybridized carbons (Fsp3) is 0.333. The lowest BCUT2D eigenvalue weighted by Crippen LogP contribution is -3.00. The van der Waals surface area contributed by atoms with E-state index >= 15 is 0 Å². The molecule has 1 heterocycles. The lowest BCUT2D eigenvalue weighted by atomic mass is 10.2. The summed E-state index contributed by atoms with van der Waals surface area (Å²) in [6.45, 7) is 5.21. The molecule has 2 aromatic rings. The highest BCUT2D eigenvalue weighted by molar-refractivity contribution is 6.35. The zero-order valence-electron chi connectivity index (χ0n) is 11.7. The van der Waals surface area contributed by atoms with Gasteiger partial charge < -0.3 is 26.9 Å². The summed E-state index contributed by atoms with van der Waals surface area (Å²) in [5, 5.41) is 3.43. The van der Waals surface area contributed by atoms with E-state index in [9.17, 15) is 0 Å². The molecule has 0 saturated carbocycles. The van der Waals surface area contributed by atoms with Gasteiger partial charge in [0.05, 0.1) is 18.2 Å². The number of quaternary nitrogens is 1. The standard InChI is InChI=1S/C15H17Cl2NO2.ClH/c1-2-19-8-7-18-10-12-4-6-15(20-12)13-9-11(16)3-5-14(13)17;/h3-6,9,18H,2,7-8,10H2,1H3;1H. The number of nitrogens with two attached hydrogens (primary N) is 1. The second kappa shape index (κ2) is 9.34. The summed E-state index contributed by atoms with van der Waals surface area (Å²) < 4.78 is 11.1. The molecule has 0 atom stereocenters. The van der Waals surface area contributed by atoms with Gasteiger partial charge in [-0.1, -0.05) is 23.2 Å². The van der Waals surface area contributed by atoms with Crippen molar-refractivity contribution in [3.8, 4) is 11.3 Å². The zero-order valence-corrected chi connectivity index (χ0v) is 14.0. The third-order valence-corrected chi connectivity index (χ3v) is 3.44. The molecule has 0 fully saturated rings. The van der Waals surface area contributed by atoms with Crippen LogP contribution in [0.1, 0.15) is 12.7 Å². The SMILES string of the molecule is CCOCC[NH2+]Cc1ccc(-c2cc(Cl)ccc2Cl)o1.[Cl-]. The third-order valence-electron chi connectivity index (χ3n) is 2.87. The van der Waals surface area contributed by atoms with Gasteiger partial charge in [0.2, 0.25) is 0 Å². The van der Waals surface area contributed by atoms with Crippen LogP contribution in [0.25, 0.3) is 11.3 Å². The number of hydrogen-bond donors (Lipinski definition) is 1. The summed E-state index contributed by atoms with van der Waals surface area (Å²) in [5.41, 5.74) is 0.819. The molecular weight excluding hydrogens is 333 g/mol. The Morgan fingerprint density at radius 1 is 1.19 bits per heavy atom. The first-order chi connectivity index (χ1) is 9.70. The van der Waals surface area contributed by atoms with Crippen LogP contribution in [0.3, 0.4) is 0 Å². The summed E-state index contributed by atoms with van der Waals surface area (Å²) >= 11 is 12.1. The van der Waals surface area contributed by atoms with Gasteiger partial charge in [0, 0.05) is 17.2 Å². The molecule has 3 nitrogen and oxygen atoms in total. The minimum Gasteiger partial charge on any atom is -1.00 e. The Labute approximate surface area is 141 Å². The van der Waals surface area contributed by atoms with E-state index in [0.29, 0.717) is 10.0 Å². The maximum Gasteiger partial charge on any atom is 0.158 e. The molecule has 1 aromatic carbocycles. The second-order valence-electron chi connectivity index (χ2n) is 4.37. The molecule has 116 valence electrons. The summed E-state index contributed by atoms with van der Waals surface area (Å²) in [4.78, 5) is 0. The molecule has 0 aliphatic carbocycles. The van der Waals surface area contributed by atoms with Crippen LogP contribution in [0.15, 0.2) is 34.7 Å². The van der Waals surface area contributed by atoms with Crippen LogP contribution >= 0.6 is 23.2 Å². The summed E-state index contributed by atoms with van der Waals surface area (Å²) in [6, 6.07) is 9.23. The van der Waals surface area contributed by atoms with Gasteiger partial charge in [0.25, 0.3) is 0 Å². The van der Waals surface area contributed by atoms with Crippen LogP contribution in [0.5, 0.6) is 0 Å². The zero-order chi connectivity index (χ0) is 14.4. The summed E-state index contributed by atoms with van der Waals surface area (Å²) in [5.74, 6) is 1.65. The molecule has 6 heteroatoms. The molecular formula is C15H18Cl3NO2.